The van der Waals surface area contributed by atoms with E-state index in [1.54, 1.807) is 0 Å². The topological polar surface area (TPSA) is 47.6 Å². The van der Waals surface area contributed by atoms with Gasteiger partial charge >= 0.3 is 0 Å². The van der Waals surface area contributed by atoms with Gasteiger partial charge in [-0.25, -0.2) is 0 Å². The van der Waals surface area contributed by atoms with Gasteiger partial charge in [0, 0.05) is 45.8 Å². The summed E-state index contributed by atoms with van der Waals surface area (Å²) < 4.78 is 0. The molecule has 1 aliphatic rings. The fraction of sp³-hybridized carbons (Fsp3) is 0.929. The Labute approximate surface area is 117 Å². The molecule has 0 aliphatic carbocycles. The van der Waals surface area contributed by atoms with E-state index in [2.05, 4.69) is 41.3 Å². The van der Waals surface area contributed by atoms with Crippen molar-refractivity contribution in [1.82, 2.24) is 20.4 Å². The molecule has 19 heavy (non-hydrogen) atoms. The number of piperazine rings is 1. The third-order valence-corrected chi connectivity index (χ3v) is 3.55. The molecule has 0 aromatic rings. The van der Waals surface area contributed by atoms with Crippen molar-refractivity contribution >= 4 is 5.91 Å². The van der Waals surface area contributed by atoms with Crippen LogP contribution in [0.4, 0.5) is 0 Å². The van der Waals surface area contributed by atoms with Gasteiger partial charge < -0.3 is 15.5 Å². The summed E-state index contributed by atoms with van der Waals surface area (Å²) in [6, 6.07) is -0.105. The molecule has 0 radical (unpaired) electrons. The molecule has 1 amide bonds. The van der Waals surface area contributed by atoms with Crippen molar-refractivity contribution in [2.24, 2.45) is 5.92 Å². The molecule has 112 valence electrons. The van der Waals surface area contributed by atoms with Crippen LogP contribution in [0.3, 0.4) is 0 Å². The molecule has 0 saturated carbocycles. The minimum absolute atomic E-state index is 0.104. The Morgan fingerprint density at radius 1 is 1.16 bits per heavy atom. The van der Waals surface area contributed by atoms with Gasteiger partial charge in [-0.1, -0.05) is 13.8 Å². The van der Waals surface area contributed by atoms with Crippen LogP contribution in [0.5, 0.6) is 0 Å². The standard InChI is InChI=1S/C14H30N4O/c1-12(2)11-16-14(19)13(3)15-5-6-18-9-7-17(4)8-10-18/h12-13,15H,5-11H2,1-4H3,(H,16,19). The van der Waals surface area contributed by atoms with Crippen molar-refractivity contribution in [3.63, 3.8) is 0 Å². The second-order valence-corrected chi connectivity index (χ2v) is 5.96. The monoisotopic (exact) mass is 270 g/mol. The first-order valence-corrected chi connectivity index (χ1v) is 7.41. The molecule has 2 N–H and O–H groups in total. The summed E-state index contributed by atoms with van der Waals surface area (Å²) in [7, 11) is 2.16. The van der Waals surface area contributed by atoms with E-state index in [1.165, 1.54) is 0 Å². The maximum Gasteiger partial charge on any atom is 0.236 e. The molecule has 0 aromatic heterocycles. The molecular formula is C14H30N4O. The number of hydrogen-bond acceptors (Lipinski definition) is 4. The fourth-order valence-corrected chi connectivity index (χ4v) is 2.06. The number of carbonyl (C=O) groups excluding carboxylic acids is 1. The van der Waals surface area contributed by atoms with Gasteiger partial charge in [-0.2, -0.15) is 0 Å². The Kier molecular flexibility index (Phi) is 7.34. The van der Waals surface area contributed by atoms with Gasteiger partial charge in [-0.3, -0.25) is 9.69 Å². The summed E-state index contributed by atoms with van der Waals surface area (Å²) in [4.78, 5) is 16.6. The van der Waals surface area contributed by atoms with E-state index in [1.807, 2.05) is 6.92 Å². The highest BCUT2D eigenvalue weighted by molar-refractivity contribution is 5.81. The lowest BCUT2D eigenvalue weighted by molar-refractivity contribution is -0.122. The summed E-state index contributed by atoms with van der Waals surface area (Å²) in [5.41, 5.74) is 0. The quantitative estimate of drug-likeness (QED) is 0.683. The lowest BCUT2D eigenvalue weighted by atomic mass is 10.2. The molecule has 1 aliphatic heterocycles. The van der Waals surface area contributed by atoms with Gasteiger partial charge in [0.05, 0.1) is 6.04 Å². The van der Waals surface area contributed by atoms with Crippen LogP contribution >= 0.6 is 0 Å². The molecular weight excluding hydrogens is 240 g/mol. The van der Waals surface area contributed by atoms with Crippen LogP contribution in [-0.4, -0.2) is 74.6 Å². The molecule has 0 spiro atoms. The third-order valence-electron chi connectivity index (χ3n) is 3.55. The number of likely N-dealkylation sites (N-methyl/N-ethyl adjacent to an activating group) is 1. The second-order valence-electron chi connectivity index (χ2n) is 5.96. The Hall–Kier alpha value is -0.650. The van der Waals surface area contributed by atoms with Gasteiger partial charge in [-0.05, 0) is 19.9 Å². The normalized spacial score (nSPS) is 19.6. The zero-order valence-corrected chi connectivity index (χ0v) is 12.9. The van der Waals surface area contributed by atoms with Crippen LogP contribution in [0, 0.1) is 5.92 Å². The number of nitrogens with zero attached hydrogens (tertiary/aromatic N) is 2. The lowest BCUT2D eigenvalue weighted by Crippen LogP contribution is -2.49. The van der Waals surface area contributed by atoms with Gasteiger partial charge in [0.1, 0.15) is 0 Å². The Morgan fingerprint density at radius 3 is 2.37 bits per heavy atom. The summed E-state index contributed by atoms with van der Waals surface area (Å²) in [6.07, 6.45) is 0. The van der Waals surface area contributed by atoms with E-state index < -0.39 is 0 Å². The van der Waals surface area contributed by atoms with E-state index in [0.717, 1.165) is 45.8 Å². The first-order valence-electron chi connectivity index (χ1n) is 7.41. The maximum atomic E-state index is 11.8. The summed E-state index contributed by atoms with van der Waals surface area (Å²) >= 11 is 0. The zero-order chi connectivity index (χ0) is 14.3. The van der Waals surface area contributed by atoms with E-state index in [4.69, 9.17) is 0 Å². The van der Waals surface area contributed by atoms with Gasteiger partial charge in [-0.15, -0.1) is 0 Å². The Bertz CT molecular complexity index is 262. The molecule has 1 heterocycles. The van der Waals surface area contributed by atoms with Gasteiger partial charge in [0.15, 0.2) is 0 Å². The molecule has 1 rings (SSSR count). The SMILES string of the molecule is CC(C)CNC(=O)C(C)NCCN1CCN(C)CC1. The number of hydrogen-bond donors (Lipinski definition) is 2. The zero-order valence-electron chi connectivity index (χ0n) is 12.9. The average molecular weight is 270 g/mol. The first-order chi connectivity index (χ1) is 8.99. The Morgan fingerprint density at radius 2 is 1.79 bits per heavy atom. The lowest BCUT2D eigenvalue weighted by Gasteiger charge is -2.32. The molecule has 0 aromatic carbocycles. The van der Waals surface area contributed by atoms with E-state index >= 15 is 0 Å². The largest absolute Gasteiger partial charge is 0.354 e. The second kappa shape index (κ2) is 8.51. The molecule has 1 atom stereocenters. The molecule has 5 nitrogen and oxygen atoms in total. The van der Waals surface area contributed by atoms with Crippen molar-refractivity contribution < 1.29 is 4.79 Å². The van der Waals surface area contributed by atoms with Crippen molar-refractivity contribution in [3.8, 4) is 0 Å². The van der Waals surface area contributed by atoms with E-state index in [0.29, 0.717) is 5.92 Å². The predicted octanol–water partition coefficient (Wildman–Crippen LogP) is -0.0159. The van der Waals surface area contributed by atoms with Crippen LogP contribution < -0.4 is 10.6 Å². The number of nitrogens with one attached hydrogen (secondary N) is 2. The Balaban J connectivity index is 2.09. The fourth-order valence-electron chi connectivity index (χ4n) is 2.06. The molecule has 1 saturated heterocycles. The van der Waals surface area contributed by atoms with E-state index in [-0.39, 0.29) is 11.9 Å². The van der Waals surface area contributed by atoms with Crippen LogP contribution in [-0.2, 0) is 4.79 Å². The van der Waals surface area contributed by atoms with Crippen molar-refractivity contribution in [2.75, 3.05) is 52.9 Å². The summed E-state index contributed by atoms with van der Waals surface area (Å²) in [5.74, 6) is 0.605. The van der Waals surface area contributed by atoms with Crippen molar-refractivity contribution in [2.45, 2.75) is 26.8 Å². The van der Waals surface area contributed by atoms with Crippen LogP contribution in [0.2, 0.25) is 0 Å². The highest BCUT2D eigenvalue weighted by Gasteiger charge is 2.15. The van der Waals surface area contributed by atoms with Gasteiger partial charge in [0.2, 0.25) is 5.91 Å². The highest BCUT2D eigenvalue weighted by atomic mass is 16.2. The van der Waals surface area contributed by atoms with Crippen LogP contribution in [0.25, 0.3) is 0 Å². The molecule has 1 fully saturated rings. The number of rotatable bonds is 7. The molecule has 5 heteroatoms. The minimum Gasteiger partial charge on any atom is -0.354 e. The average Bonchev–Trinajstić information content (AvgIpc) is 2.38. The van der Waals surface area contributed by atoms with Crippen LogP contribution in [0.1, 0.15) is 20.8 Å². The van der Waals surface area contributed by atoms with E-state index in [9.17, 15) is 4.79 Å². The maximum absolute atomic E-state index is 11.8. The molecule has 0 bridgehead atoms. The highest BCUT2D eigenvalue weighted by Crippen LogP contribution is 1.97. The smallest absolute Gasteiger partial charge is 0.236 e. The predicted molar refractivity (Wildman–Crippen MR) is 79.2 cm³/mol. The van der Waals surface area contributed by atoms with Gasteiger partial charge in [0.25, 0.3) is 0 Å². The van der Waals surface area contributed by atoms with Crippen LogP contribution in [0.15, 0.2) is 0 Å². The van der Waals surface area contributed by atoms with Crippen molar-refractivity contribution in [3.05, 3.63) is 0 Å². The first kappa shape index (κ1) is 16.4. The third kappa shape index (κ3) is 6.89. The number of amides is 1. The number of carbonyl (C=O) groups is 1. The minimum atomic E-state index is -0.105. The van der Waals surface area contributed by atoms with Crippen molar-refractivity contribution in [1.29, 1.82) is 0 Å². The molecule has 1 unspecified atom stereocenters. The summed E-state index contributed by atoms with van der Waals surface area (Å²) in [5, 5.41) is 6.25. The summed E-state index contributed by atoms with van der Waals surface area (Å²) in [6.45, 7) is 13.3.